The number of rotatable bonds is 0. The Kier molecular flexibility index (Phi) is 2.03. The first-order valence-corrected chi connectivity index (χ1v) is 6.25. The second-order valence-corrected chi connectivity index (χ2v) is 6.01. The van der Waals surface area contributed by atoms with E-state index in [2.05, 4.69) is 32.0 Å². The largest absolute Gasteiger partial charge is 0.368 e. The SMILES string of the molecule is Nc1ncc2c(n1)-c1cc(Br)sc1CC2. The van der Waals surface area contributed by atoms with Crippen LogP contribution in [0.1, 0.15) is 10.4 Å². The zero-order valence-electron chi connectivity index (χ0n) is 7.83. The summed E-state index contributed by atoms with van der Waals surface area (Å²) in [5, 5.41) is 0. The molecule has 0 unspecified atom stereocenters. The Morgan fingerprint density at radius 2 is 2.27 bits per heavy atom. The van der Waals surface area contributed by atoms with Crippen molar-refractivity contribution in [2.24, 2.45) is 0 Å². The van der Waals surface area contributed by atoms with Gasteiger partial charge in [0.1, 0.15) is 0 Å². The number of thiophene rings is 1. The minimum atomic E-state index is 0.351. The molecule has 3 rings (SSSR count). The summed E-state index contributed by atoms with van der Waals surface area (Å²) in [4.78, 5) is 9.73. The quantitative estimate of drug-likeness (QED) is 0.808. The second-order valence-electron chi connectivity index (χ2n) is 3.49. The Morgan fingerprint density at radius 3 is 3.13 bits per heavy atom. The second kappa shape index (κ2) is 3.28. The molecule has 2 aromatic rings. The molecule has 0 bridgehead atoms. The number of aryl methyl sites for hydroxylation is 2. The van der Waals surface area contributed by atoms with E-state index < -0.39 is 0 Å². The topological polar surface area (TPSA) is 51.8 Å². The van der Waals surface area contributed by atoms with Crippen molar-refractivity contribution >= 4 is 33.2 Å². The first kappa shape index (κ1) is 9.30. The number of nitrogens with two attached hydrogens (primary N) is 1. The van der Waals surface area contributed by atoms with Gasteiger partial charge in [0.05, 0.1) is 9.48 Å². The summed E-state index contributed by atoms with van der Waals surface area (Å²) in [6.07, 6.45) is 3.92. The molecule has 0 spiro atoms. The average molecular weight is 282 g/mol. The van der Waals surface area contributed by atoms with Gasteiger partial charge in [0.15, 0.2) is 0 Å². The normalized spacial score (nSPS) is 13.4. The van der Waals surface area contributed by atoms with E-state index in [9.17, 15) is 0 Å². The van der Waals surface area contributed by atoms with Crippen LogP contribution in [0.4, 0.5) is 5.95 Å². The number of nitrogen functional groups attached to an aromatic ring is 1. The van der Waals surface area contributed by atoms with Gasteiger partial charge in [-0.3, -0.25) is 0 Å². The molecule has 1 aliphatic rings. The van der Waals surface area contributed by atoms with Crippen molar-refractivity contribution in [2.45, 2.75) is 12.8 Å². The number of anilines is 1. The third kappa shape index (κ3) is 1.46. The van der Waals surface area contributed by atoms with Crippen LogP contribution in [0.5, 0.6) is 0 Å². The zero-order chi connectivity index (χ0) is 10.4. The first-order valence-electron chi connectivity index (χ1n) is 4.64. The van der Waals surface area contributed by atoms with Crippen molar-refractivity contribution in [1.29, 1.82) is 0 Å². The Labute approximate surface area is 99.5 Å². The number of hydrogen-bond acceptors (Lipinski definition) is 4. The third-order valence-electron chi connectivity index (χ3n) is 2.54. The van der Waals surface area contributed by atoms with E-state index in [1.807, 2.05) is 6.20 Å². The fraction of sp³-hybridized carbons (Fsp3) is 0.200. The zero-order valence-corrected chi connectivity index (χ0v) is 10.2. The maximum absolute atomic E-state index is 5.62. The minimum absolute atomic E-state index is 0.351. The molecule has 0 saturated carbocycles. The van der Waals surface area contributed by atoms with Crippen LogP contribution >= 0.6 is 27.3 Å². The van der Waals surface area contributed by atoms with Crippen LogP contribution in [0.3, 0.4) is 0 Å². The number of hydrogen-bond donors (Lipinski definition) is 1. The molecule has 1 aliphatic carbocycles. The number of halogens is 1. The summed E-state index contributed by atoms with van der Waals surface area (Å²) in [7, 11) is 0. The van der Waals surface area contributed by atoms with Crippen LogP contribution in [-0.4, -0.2) is 9.97 Å². The van der Waals surface area contributed by atoms with Crippen LogP contribution in [-0.2, 0) is 12.8 Å². The molecule has 5 heteroatoms. The predicted octanol–water partition coefficient (Wildman–Crippen LogP) is 2.65. The van der Waals surface area contributed by atoms with Crippen LogP contribution in [0, 0.1) is 0 Å². The van der Waals surface area contributed by atoms with Gasteiger partial charge < -0.3 is 5.73 Å². The lowest BCUT2D eigenvalue weighted by molar-refractivity contribution is 0.932. The van der Waals surface area contributed by atoms with Gasteiger partial charge >= 0.3 is 0 Å². The summed E-state index contributed by atoms with van der Waals surface area (Å²) < 4.78 is 1.15. The van der Waals surface area contributed by atoms with Gasteiger partial charge in [-0.05, 0) is 40.4 Å². The Morgan fingerprint density at radius 1 is 1.40 bits per heavy atom. The van der Waals surface area contributed by atoms with E-state index >= 15 is 0 Å². The number of nitrogens with zero attached hydrogens (tertiary/aromatic N) is 2. The van der Waals surface area contributed by atoms with Crippen molar-refractivity contribution in [3.05, 3.63) is 26.5 Å². The highest BCUT2D eigenvalue weighted by Gasteiger charge is 2.20. The Hall–Kier alpha value is -0.940. The summed E-state index contributed by atoms with van der Waals surface area (Å²) in [6, 6.07) is 2.12. The molecule has 2 heterocycles. The fourth-order valence-corrected chi connectivity index (χ4v) is 3.56. The van der Waals surface area contributed by atoms with Crippen molar-refractivity contribution in [3.63, 3.8) is 0 Å². The van der Waals surface area contributed by atoms with Crippen LogP contribution in [0.25, 0.3) is 11.3 Å². The summed E-state index contributed by atoms with van der Waals surface area (Å²) in [5.41, 5.74) is 9.03. The molecular formula is C10H8BrN3S. The van der Waals surface area contributed by atoms with Gasteiger partial charge in [-0.2, -0.15) is 0 Å². The standard InChI is InChI=1S/C10H8BrN3S/c11-8-3-6-7(15-8)2-1-5-4-13-10(12)14-9(5)6/h3-4H,1-2H2,(H2,12,13,14). The lowest BCUT2D eigenvalue weighted by Crippen LogP contribution is -2.06. The fourth-order valence-electron chi connectivity index (χ4n) is 1.87. The molecule has 0 aromatic carbocycles. The van der Waals surface area contributed by atoms with Crippen molar-refractivity contribution in [2.75, 3.05) is 5.73 Å². The Bertz CT molecular complexity index is 535. The van der Waals surface area contributed by atoms with Gasteiger partial charge in [-0.1, -0.05) is 0 Å². The molecule has 0 saturated heterocycles. The molecule has 76 valence electrons. The molecule has 2 N–H and O–H groups in total. The summed E-state index contributed by atoms with van der Waals surface area (Å²) in [6.45, 7) is 0. The molecule has 0 atom stereocenters. The highest BCUT2D eigenvalue weighted by atomic mass is 79.9. The molecule has 0 amide bonds. The van der Waals surface area contributed by atoms with Crippen LogP contribution in [0.2, 0.25) is 0 Å². The van der Waals surface area contributed by atoms with E-state index in [4.69, 9.17) is 5.73 Å². The molecule has 0 radical (unpaired) electrons. The smallest absolute Gasteiger partial charge is 0.220 e. The molecule has 2 aromatic heterocycles. The Balaban J connectivity index is 2.27. The van der Waals surface area contributed by atoms with Crippen LogP contribution < -0.4 is 5.73 Å². The van der Waals surface area contributed by atoms with Gasteiger partial charge in [0, 0.05) is 16.6 Å². The van der Waals surface area contributed by atoms with Crippen molar-refractivity contribution < 1.29 is 0 Å². The van der Waals surface area contributed by atoms with Gasteiger partial charge in [0.2, 0.25) is 5.95 Å². The highest BCUT2D eigenvalue weighted by molar-refractivity contribution is 9.11. The lowest BCUT2D eigenvalue weighted by Gasteiger charge is -2.14. The predicted molar refractivity (Wildman–Crippen MR) is 64.9 cm³/mol. The van der Waals surface area contributed by atoms with E-state index in [1.165, 1.54) is 16.0 Å². The average Bonchev–Trinajstić information content (AvgIpc) is 2.58. The minimum Gasteiger partial charge on any atom is -0.368 e. The summed E-state index contributed by atoms with van der Waals surface area (Å²) in [5.74, 6) is 0.351. The van der Waals surface area contributed by atoms with Gasteiger partial charge in [0.25, 0.3) is 0 Å². The summed E-state index contributed by atoms with van der Waals surface area (Å²) >= 11 is 5.28. The third-order valence-corrected chi connectivity index (χ3v) is 4.24. The van der Waals surface area contributed by atoms with Crippen molar-refractivity contribution in [3.8, 4) is 11.3 Å². The lowest BCUT2D eigenvalue weighted by atomic mass is 9.97. The molecule has 15 heavy (non-hydrogen) atoms. The molecule has 3 nitrogen and oxygen atoms in total. The van der Waals surface area contributed by atoms with E-state index in [0.29, 0.717) is 5.95 Å². The van der Waals surface area contributed by atoms with Gasteiger partial charge in [-0.15, -0.1) is 11.3 Å². The number of aromatic nitrogens is 2. The van der Waals surface area contributed by atoms with Crippen LogP contribution in [0.15, 0.2) is 16.0 Å². The number of fused-ring (bicyclic) bond motifs is 3. The first-order chi connectivity index (χ1) is 7.24. The van der Waals surface area contributed by atoms with E-state index in [-0.39, 0.29) is 0 Å². The van der Waals surface area contributed by atoms with Gasteiger partial charge in [-0.25, -0.2) is 9.97 Å². The highest BCUT2D eigenvalue weighted by Crippen LogP contribution is 2.39. The molecular weight excluding hydrogens is 274 g/mol. The van der Waals surface area contributed by atoms with Crippen molar-refractivity contribution in [1.82, 2.24) is 9.97 Å². The van der Waals surface area contributed by atoms with E-state index in [1.54, 1.807) is 11.3 Å². The maximum Gasteiger partial charge on any atom is 0.220 e. The maximum atomic E-state index is 5.62. The van der Waals surface area contributed by atoms with E-state index in [0.717, 1.165) is 22.3 Å². The molecule has 0 fully saturated rings. The monoisotopic (exact) mass is 281 g/mol. The molecule has 0 aliphatic heterocycles.